The van der Waals surface area contributed by atoms with Gasteiger partial charge in [-0.2, -0.15) is 4.31 Å². The number of halogens is 2. The molecule has 2 aromatic rings. The summed E-state index contributed by atoms with van der Waals surface area (Å²) in [6.07, 6.45) is 0. The number of hydrogen-bond donors (Lipinski definition) is 0. The number of carbonyl (C=O) groups is 1. The van der Waals surface area contributed by atoms with Gasteiger partial charge in [0, 0.05) is 39.3 Å². The van der Waals surface area contributed by atoms with E-state index in [2.05, 4.69) is 0 Å². The molecular formula is C22H27F2N3O4S. The summed E-state index contributed by atoms with van der Waals surface area (Å²) in [6.45, 7) is 5.42. The van der Waals surface area contributed by atoms with E-state index in [0.29, 0.717) is 37.6 Å². The average molecular weight is 468 g/mol. The Bertz CT molecular complexity index is 1060. The zero-order valence-electron chi connectivity index (χ0n) is 18.3. The van der Waals surface area contributed by atoms with Crippen molar-refractivity contribution >= 4 is 21.6 Å². The summed E-state index contributed by atoms with van der Waals surface area (Å²) in [4.78, 5) is 16.1. The van der Waals surface area contributed by atoms with Crippen LogP contribution in [0.2, 0.25) is 0 Å². The highest BCUT2D eigenvalue weighted by atomic mass is 32.2. The van der Waals surface area contributed by atoms with E-state index in [-0.39, 0.29) is 18.0 Å². The summed E-state index contributed by atoms with van der Waals surface area (Å²) in [5.74, 6) is -1.99. The molecule has 0 aromatic heterocycles. The molecule has 1 amide bonds. The highest BCUT2D eigenvalue weighted by Crippen LogP contribution is 2.33. The van der Waals surface area contributed by atoms with Crippen LogP contribution in [0, 0.1) is 11.6 Å². The number of nitrogens with zero attached hydrogens (tertiary/aromatic N) is 3. The second kappa shape index (κ2) is 9.83. The summed E-state index contributed by atoms with van der Waals surface area (Å²) >= 11 is 0. The fraction of sp³-hybridized carbons (Fsp3) is 0.409. The maximum Gasteiger partial charge on any atom is 0.259 e. The number of hydrogen-bond acceptors (Lipinski definition) is 5. The van der Waals surface area contributed by atoms with Crippen molar-refractivity contribution in [3.63, 3.8) is 0 Å². The molecule has 0 aliphatic carbocycles. The molecule has 0 saturated carbocycles. The number of sulfonamides is 1. The minimum Gasteiger partial charge on any atom is -0.495 e. The second-order valence-electron chi connectivity index (χ2n) is 7.30. The van der Waals surface area contributed by atoms with Crippen LogP contribution in [-0.2, 0) is 10.0 Å². The van der Waals surface area contributed by atoms with E-state index in [1.54, 1.807) is 26.0 Å². The van der Waals surface area contributed by atoms with Gasteiger partial charge in [0.2, 0.25) is 10.0 Å². The number of piperazine rings is 1. The summed E-state index contributed by atoms with van der Waals surface area (Å²) < 4.78 is 60.7. The lowest BCUT2D eigenvalue weighted by Gasteiger charge is -2.37. The smallest absolute Gasteiger partial charge is 0.259 e. The van der Waals surface area contributed by atoms with Crippen LogP contribution in [-0.4, -0.2) is 69.9 Å². The van der Waals surface area contributed by atoms with Crippen molar-refractivity contribution in [2.45, 2.75) is 18.7 Å². The molecule has 0 unspecified atom stereocenters. The van der Waals surface area contributed by atoms with Crippen LogP contribution in [0.3, 0.4) is 0 Å². The molecule has 1 aliphatic rings. The molecular weight excluding hydrogens is 440 g/mol. The third-order valence-corrected chi connectivity index (χ3v) is 7.62. The van der Waals surface area contributed by atoms with Crippen LogP contribution in [0.1, 0.15) is 24.2 Å². The summed E-state index contributed by atoms with van der Waals surface area (Å²) in [6, 6.07) is 8.01. The molecule has 7 nitrogen and oxygen atoms in total. The maximum atomic E-state index is 14.0. The maximum absolute atomic E-state index is 14.0. The van der Waals surface area contributed by atoms with E-state index in [1.165, 1.54) is 28.4 Å². The van der Waals surface area contributed by atoms with Gasteiger partial charge in [-0.05, 0) is 30.3 Å². The van der Waals surface area contributed by atoms with E-state index in [0.717, 1.165) is 12.1 Å². The van der Waals surface area contributed by atoms with Gasteiger partial charge in [0.15, 0.2) is 0 Å². The summed E-state index contributed by atoms with van der Waals surface area (Å²) in [7, 11) is -2.16. The van der Waals surface area contributed by atoms with Crippen molar-refractivity contribution < 1.29 is 26.7 Å². The topological polar surface area (TPSA) is 70.2 Å². The Balaban J connectivity index is 1.82. The van der Waals surface area contributed by atoms with E-state index in [1.807, 2.05) is 4.90 Å². The summed E-state index contributed by atoms with van der Waals surface area (Å²) in [5, 5.41) is 0. The molecule has 0 spiro atoms. The Morgan fingerprint density at radius 2 is 1.62 bits per heavy atom. The molecule has 3 rings (SSSR count). The summed E-state index contributed by atoms with van der Waals surface area (Å²) in [5.41, 5.74) is 0.0238. The van der Waals surface area contributed by atoms with E-state index < -0.39 is 33.1 Å². The molecule has 0 bridgehead atoms. The van der Waals surface area contributed by atoms with Crippen LogP contribution < -0.4 is 9.64 Å². The number of benzene rings is 2. The second-order valence-corrected chi connectivity index (χ2v) is 9.24. The average Bonchev–Trinajstić information content (AvgIpc) is 2.79. The molecule has 0 N–H and O–H groups in total. The molecule has 0 radical (unpaired) electrons. The van der Waals surface area contributed by atoms with Gasteiger partial charge in [0.05, 0.1) is 17.7 Å². The van der Waals surface area contributed by atoms with Gasteiger partial charge in [0.1, 0.15) is 22.9 Å². The minimum atomic E-state index is -3.65. The van der Waals surface area contributed by atoms with Gasteiger partial charge < -0.3 is 14.5 Å². The Hall–Kier alpha value is -2.72. The van der Waals surface area contributed by atoms with Gasteiger partial charge in [-0.25, -0.2) is 17.2 Å². The van der Waals surface area contributed by atoms with Crippen LogP contribution in [0.15, 0.2) is 41.3 Å². The van der Waals surface area contributed by atoms with Gasteiger partial charge in [0.25, 0.3) is 5.91 Å². The Morgan fingerprint density at radius 3 is 2.16 bits per heavy atom. The first-order valence-corrected chi connectivity index (χ1v) is 11.8. The van der Waals surface area contributed by atoms with Crippen LogP contribution in [0.4, 0.5) is 14.5 Å². The first kappa shape index (κ1) is 23.9. The molecule has 0 atom stereocenters. The van der Waals surface area contributed by atoms with Gasteiger partial charge in [-0.3, -0.25) is 4.79 Å². The van der Waals surface area contributed by atoms with Crippen LogP contribution >= 0.6 is 0 Å². The minimum absolute atomic E-state index is 0.156. The van der Waals surface area contributed by atoms with Crippen molar-refractivity contribution in [2.75, 3.05) is 51.3 Å². The number of ether oxygens (including phenoxy) is 1. The molecule has 1 heterocycles. The lowest BCUT2D eigenvalue weighted by molar-refractivity contribution is 0.0737. The number of anilines is 1. The van der Waals surface area contributed by atoms with Crippen LogP contribution in [0.5, 0.6) is 5.75 Å². The molecule has 1 saturated heterocycles. The van der Waals surface area contributed by atoms with E-state index >= 15 is 0 Å². The third kappa shape index (κ3) is 4.56. The van der Waals surface area contributed by atoms with Gasteiger partial charge in [-0.1, -0.05) is 19.9 Å². The normalized spacial score (nSPS) is 14.7. The van der Waals surface area contributed by atoms with E-state index in [9.17, 15) is 22.0 Å². The largest absolute Gasteiger partial charge is 0.495 e. The highest BCUT2D eigenvalue weighted by molar-refractivity contribution is 7.89. The Kier molecular flexibility index (Phi) is 7.35. The molecule has 1 fully saturated rings. The zero-order valence-corrected chi connectivity index (χ0v) is 19.2. The van der Waals surface area contributed by atoms with Crippen molar-refractivity contribution in [1.82, 2.24) is 9.21 Å². The Morgan fingerprint density at radius 1 is 1.03 bits per heavy atom. The monoisotopic (exact) mass is 467 g/mol. The first-order chi connectivity index (χ1) is 15.2. The number of amides is 1. The standard InChI is InChI=1S/C22H27F2N3O4S/c1-4-27(5-2)32(29,30)16-9-10-20(31-3)19(15-16)25-11-13-26(14-12-25)22(28)21-17(23)7-6-8-18(21)24/h6-10,15H,4-5,11-14H2,1-3H3. The van der Waals surface area contributed by atoms with Gasteiger partial charge in [-0.15, -0.1) is 0 Å². The first-order valence-electron chi connectivity index (χ1n) is 10.4. The van der Waals surface area contributed by atoms with Gasteiger partial charge >= 0.3 is 0 Å². The third-order valence-electron chi connectivity index (χ3n) is 5.58. The lowest BCUT2D eigenvalue weighted by atomic mass is 10.1. The van der Waals surface area contributed by atoms with Crippen molar-refractivity contribution in [3.8, 4) is 5.75 Å². The zero-order chi connectivity index (χ0) is 23.5. The number of carbonyl (C=O) groups excluding carboxylic acids is 1. The van der Waals surface area contributed by atoms with Crippen molar-refractivity contribution in [2.24, 2.45) is 0 Å². The van der Waals surface area contributed by atoms with Crippen molar-refractivity contribution in [3.05, 3.63) is 53.6 Å². The SMILES string of the molecule is CCN(CC)S(=O)(=O)c1ccc(OC)c(N2CCN(C(=O)c3c(F)cccc3F)CC2)c1. The predicted molar refractivity (Wildman–Crippen MR) is 118 cm³/mol. The molecule has 174 valence electrons. The highest BCUT2D eigenvalue weighted by Gasteiger charge is 2.29. The number of methoxy groups -OCH3 is 1. The molecule has 2 aromatic carbocycles. The van der Waals surface area contributed by atoms with E-state index in [4.69, 9.17) is 4.74 Å². The fourth-order valence-corrected chi connectivity index (χ4v) is 5.28. The number of rotatable bonds is 7. The molecule has 32 heavy (non-hydrogen) atoms. The predicted octanol–water partition coefficient (Wildman–Crippen LogP) is 2.97. The molecule has 1 aliphatic heterocycles. The molecule has 10 heteroatoms. The quantitative estimate of drug-likeness (QED) is 0.626. The Labute approximate surface area is 187 Å². The fourth-order valence-electron chi connectivity index (χ4n) is 3.80. The lowest BCUT2D eigenvalue weighted by Crippen LogP contribution is -2.49. The van der Waals surface area contributed by atoms with Crippen molar-refractivity contribution in [1.29, 1.82) is 0 Å². The van der Waals surface area contributed by atoms with Crippen LogP contribution in [0.25, 0.3) is 0 Å².